The number of thiophene rings is 1. The topological polar surface area (TPSA) is 17.1 Å². The second-order valence-electron chi connectivity index (χ2n) is 3.58. The van der Waals surface area contributed by atoms with Gasteiger partial charge in [0.2, 0.25) is 0 Å². The van der Waals surface area contributed by atoms with Crippen LogP contribution >= 0.6 is 22.9 Å². The van der Waals surface area contributed by atoms with E-state index in [1.54, 1.807) is 17.4 Å². The zero-order valence-corrected chi connectivity index (χ0v) is 9.81. The second kappa shape index (κ2) is 3.58. The molecule has 0 fully saturated rings. The lowest BCUT2D eigenvalue weighted by atomic mass is 10.1. The zero-order valence-electron chi connectivity index (χ0n) is 8.24. The molecule has 1 heterocycles. The summed E-state index contributed by atoms with van der Waals surface area (Å²) in [7, 11) is 0. The van der Waals surface area contributed by atoms with E-state index in [9.17, 15) is 4.79 Å². The van der Waals surface area contributed by atoms with E-state index < -0.39 is 0 Å². The highest BCUT2D eigenvalue weighted by Gasteiger charge is 2.09. The first-order valence-electron chi connectivity index (χ1n) is 4.85. The molecule has 0 saturated carbocycles. The Labute approximate surface area is 101 Å². The number of hydrogen-bond acceptors (Lipinski definition) is 2. The van der Waals surface area contributed by atoms with Crippen LogP contribution in [-0.2, 0) is 0 Å². The standard InChI is InChI=1S/C13H7ClOS/c14-9-5-8(7-15)13-10-3-1-2-4-11(10)16-12(13)6-9/h1-7H. The summed E-state index contributed by atoms with van der Waals surface area (Å²) < 4.78 is 2.25. The second-order valence-corrected chi connectivity index (χ2v) is 5.10. The van der Waals surface area contributed by atoms with Gasteiger partial charge in [-0.1, -0.05) is 29.8 Å². The maximum atomic E-state index is 11.1. The molecule has 16 heavy (non-hydrogen) atoms. The van der Waals surface area contributed by atoms with E-state index in [4.69, 9.17) is 11.6 Å². The maximum absolute atomic E-state index is 11.1. The zero-order chi connectivity index (χ0) is 11.1. The number of carbonyl (C=O) groups is 1. The highest BCUT2D eigenvalue weighted by Crippen LogP contribution is 2.36. The maximum Gasteiger partial charge on any atom is 0.150 e. The van der Waals surface area contributed by atoms with Crippen molar-refractivity contribution in [3.63, 3.8) is 0 Å². The molecule has 0 aliphatic rings. The van der Waals surface area contributed by atoms with E-state index in [0.717, 1.165) is 21.8 Å². The molecule has 0 unspecified atom stereocenters. The molecular weight excluding hydrogens is 240 g/mol. The predicted molar refractivity (Wildman–Crippen MR) is 69.7 cm³/mol. The first-order chi connectivity index (χ1) is 7.79. The van der Waals surface area contributed by atoms with Crippen molar-refractivity contribution in [1.29, 1.82) is 0 Å². The summed E-state index contributed by atoms with van der Waals surface area (Å²) >= 11 is 7.64. The molecule has 3 rings (SSSR count). The Morgan fingerprint density at radius 1 is 1.12 bits per heavy atom. The van der Waals surface area contributed by atoms with E-state index in [0.29, 0.717) is 10.6 Å². The van der Waals surface area contributed by atoms with Crippen LogP contribution in [0.1, 0.15) is 10.4 Å². The molecule has 0 radical (unpaired) electrons. The van der Waals surface area contributed by atoms with Gasteiger partial charge in [0.25, 0.3) is 0 Å². The van der Waals surface area contributed by atoms with E-state index in [-0.39, 0.29) is 0 Å². The van der Waals surface area contributed by atoms with Gasteiger partial charge in [0, 0.05) is 30.8 Å². The van der Waals surface area contributed by atoms with Crippen molar-refractivity contribution in [3.8, 4) is 0 Å². The molecule has 0 aliphatic carbocycles. The number of carbonyl (C=O) groups excluding carboxylic acids is 1. The number of rotatable bonds is 1. The minimum Gasteiger partial charge on any atom is -0.298 e. The molecule has 1 nitrogen and oxygen atoms in total. The van der Waals surface area contributed by atoms with Gasteiger partial charge in [-0.2, -0.15) is 0 Å². The van der Waals surface area contributed by atoms with Crippen LogP contribution in [0.3, 0.4) is 0 Å². The Hall–Kier alpha value is -1.38. The third kappa shape index (κ3) is 1.34. The van der Waals surface area contributed by atoms with Gasteiger partial charge >= 0.3 is 0 Å². The molecule has 0 N–H and O–H groups in total. The van der Waals surface area contributed by atoms with Gasteiger partial charge in [-0.05, 0) is 18.2 Å². The van der Waals surface area contributed by atoms with Crippen LogP contribution in [-0.4, -0.2) is 6.29 Å². The Morgan fingerprint density at radius 3 is 2.75 bits per heavy atom. The molecule has 0 amide bonds. The SMILES string of the molecule is O=Cc1cc(Cl)cc2sc3ccccc3c12. The first kappa shape index (κ1) is 9.82. The molecule has 0 aliphatic heterocycles. The normalized spacial score (nSPS) is 11.1. The van der Waals surface area contributed by atoms with Gasteiger partial charge in [0.05, 0.1) is 0 Å². The van der Waals surface area contributed by atoms with Crippen LogP contribution in [0, 0.1) is 0 Å². The molecule has 0 saturated heterocycles. The fraction of sp³-hybridized carbons (Fsp3) is 0. The monoisotopic (exact) mass is 246 g/mol. The third-order valence-corrected chi connectivity index (χ3v) is 3.94. The summed E-state index contributed by atoms with van der Waals surface area (Å²) in [5, 5.41) is 2.75. The van der Waals surface area contributed by atoms with Crippen molar-refractivity contribution in [2.75, 3.05) is 0 Å². The van der Waals surface area contributed by atoms with Crippen molar-refractivity contribution >= 4 is 49.4 Å². The van der Waals surface area contributed by atoms with Gasteiger partial charge in [-0.3, -0.25) is 4.79 Å². The van der Waals surface area contributed by atoms with E-state index in [1.165, 1.54) is 4.70 Å². The van der Waals surface area contributed by atoms with Crippen LogP contribution in [0.4, 0.5) is 0 Å². The molecule has 78 valence electrons. The number of fused-ring (bicyclic) bond motifs is 3. The highest BCUT2D eigenvalue weighted by molar-refractivity contribution is 7.25. The van der Waals surface area contributed by atoms with Gasteiger partial charge in [-0.25, -0.2) is 0 Å². The van der Waals surface area contributed by atoms with Crippen molar-refractivity contribution in [3.05, 3.63) is 47.0 Å². The lowest BCUT2D eigenvalue weighted by Crippen LogP contribution is -1.80. The number of aldehydes is 1. The van der Waals surface area contributed by atoms with E-state index in [2.05, 4.69) is 6.07 Å². The summed E-state index contributed by atoms with van der Waals surface area (Å²) in [5.74, 6) is 0. The van der Waals surface area contributed by atoms with Crippen LogP contribution in [0.5, 0.6) is 0 Å². The van der Waals surface area contributed by atoms with Crippen LogP contribution < -0.4 is 0 Å². The van der Waals surface area contributed by atoms with Gasteiger partial charge in [0.15, 0.2) is 6.29 Å². The minimum absolute atomic E-state index is 0.612. The fourth-order valence-corrected chi connectivity index (χ4v) is 3.42. The summed E-state index contributed by atoms with van der Waals surface area (Å²) in [4.78, 5) is 11.1. The van der Waals surface area contributed by atoms with Crippen LogP contribution in [0.25, 0.3) is 20.2 Å². The largest absolute Gasteiger partial charge is 0.298 e. The van der Waals surface area contributed by atoms with Crippen molar-refractivity contribution < 1.29 is 4.79 Å². The first-order valence-corrected chi connectivity index (χ1v) is 6.05. The molecule has 0 spiro atoms. The minimum atomic E-state index is 0.612. The average molecular weight is 247 g/mol. The third-order valence-electron chi connectivity index (χ3n) is 2.60. The Morgan fingerprint density at radius 2 is 1.94 bits per heavy atom. The van der Waals surface area contributed by atoms with Crippen LogP contribution in [0.15, 0.2) is 36.4 Å². The van der Waals surface area contributed by atoms with Crippen molar-refractivity contribution in [2.24, 2.45) is 0 Å². The van der Waals surface area contributed by atoms with Crippen molar-refractivity contribution in [1.82, 2.24) is 0 Å². The number of hydrogen-bond donors (Lipinski definition) is 0. The molecule has 0 atom stereocenters. The summed E-state index contributed by atoms with van der Waals surface area (Å²) in [6, 6.07) is 11.7. The smallest absolute Gasteiger partial charge is 0.150 e. The van der Waals surface area contributed by atoms with E-state index >= 15 is 0 Å². The lowest BCUT2D eigenvalue weighted by Gasteiger charge is -1.97. The van der Waals surface area contributed by atoms with Crippen LogP contribution in [0.2, 0.25) is 5.02 Å². The van der Waals surface area contributed by atoms with Gasteiger partial charge < -0.3 is 0 Å². The summed E-state index contributed by atoms with van der Waals surface area (Å²) in [5.41, 5.74) is 0.667. The fourth-order valence-electron chi connectivity index (χ4n) is 1.94. The van der Waals surface area contributed by atoms with Gasteiger partial charge in [0.1, 0.15) is 0 Å². The Balaban J connectivity index is 2.60. The molecule has 3 aromatic rings. The van der Waals surface area contributed by atoms with Crippen molar-refractivity contribution in [2.45, 2.75) is 0 Å². The highest BCUT2D eigenvalue weighted by atomic mass is 35.5. The lowest BCUT2D eigenvalue weighted by molar-refractivity contribution is 0.112. The molecule has 0 bridgehead atoms. The number of halogens is 1. The predicted octanol–water partition coefficient (Wildman–Crippen LogP) is 4.52. The molecule has 3 heteroatoms. The number of benzene rings is 2. The summed E-state index contributed by atoms with van der Waals surface area (Å²) in [6.07, 6.45) is 0.868. The molecule has 1 aromatic heterocycles. The Kier molecular flexibility index (Phi) is 2.20. The molecular formula is C13H7ClOS. The quantitative estimate of drug-likeness (QED) is 0.577. The van der Waals surface area contributed by atoms with E-state index in [1.807, 2.05) is 24.3 Å². The Bertz CT molecular complexity index is 700. The van der Waals surface area contributed by atoms with Gasteiger partial charge in [-0.15, -0.1) is 11.3 Å². The molecule has 2 aromatic carbocycles. The summed E-state index contributed by atoms with van der Waals surface area (Å²) in [6.45, 7) is 0. The average Bonchev–Trinajstić information content (AvgIpc) is 2.65.